The third-order valence-electron chi connectivity index (χ3n) is 2.93. The molecule has 4 heteroatoms. The summed E-state index contributed by atoms with van der Waals surface area (Å²) >= 11 is 0. The van der Waals surface area contributed by atoms with Crippen LogP contribution < -0.4 is 11.5 Å². The highest BCUT2D eigenvalue weighted by Gasteiger charge is 2.24. The first kappa shape index (κ1) is 14.7. The molecule has 1 aromatic carbocycles. The van der Waals surface area contributed by atoms with Crippen molar-refractivity contribution in [2.75, 3.05) is 13.2 Å². The number of nitrogens with two attached hydrogens (primary N) is 2. The summed E-state index contributed by atoms with van der Waals surface area (Å²) in [6.07, 6.45) is 2.41. The minimum absolute atomic E-state index is 0.452. The summed E-state index contributed by atoms with van der Waals surface area (Å²) in [4.78, 5) is 11.0. The Kier molecular flexibility index (Phi) is 5.82. The van der Waals surface area contributed by atoms with Crippen molar-refractivity contribution in [1.82, 2.24) is 0 Å². The van der Waals surface area contributed by atoms with Crippen LogP contribution in [0.5, 0.6) is 0 Å². The van der Waals surface area contributed by atoms with Gasteiger partial charge in [-0.3, -0.25) is 4.79 Å². The molecule has 0 bridgehead atoms. The van der Waals surface area contributed by atoms with Gasteiger partial charge in [0.25, 0.3) is 0 Å². The third kappa shape index (κ3) is 5.29. The average molecular weight is 250 g/mol. The molecular weight excluding hydrogens is 228 g/mol. The molecule has 0 fully saturated rings. The molecule has 100 valence electrons. The minimum Gasteiger partial charge on any atom is -0.381 e. The zero-order valence-corrected chi connectivity index (χ0v) is 10.9. The predicted octanol–water partition coefficient (Wildman–Crippen LogP) is 1.23. The Bertz CT molecular complexity index is 363. The van der Waals surface area contributed by atoms with Gasteiger partial charge in [-0.05, 0) is 31.7 Å². The van der Waals surface area contributed by atoms with Gasteiger partial charge in [0.05, 0.1) is 5.54 Å². The van der Waals surface area contributed by atoms with Crippen molar-refractivity contribution in [1.29, 1.82) is 0 Å². The zero-order valence-electron chi connectivity index (χ0n) is 10.9. The molecule has 4 N–H and O–H groups in total. The molecule has 1 rings (SSSR count). The lowest BCUT2D eigenvalue weighted by Crippen LogP contribution is -2.50. The van der Waals surface area contributed by atoms with Gasteiger partial charge >= 0.3 is 0 Å². The van der Waals surface area contributed by atoms with Gasteiger partial charge in [0.1, 0.15) is 0 Å². The van der Waals surface area contributed by atoms with Gasteiger partial charge in [-0.1, -0.05) is 30.3 Å². The molecule has 0 saturated heterocycles. The molecule has 4 nitrogen and oxygen atoms in total. The number of hydrogen-bond acceptors (Lipinski definition) is 3. The predicted molar refractivity (Wildman–Crippen MR) is 72.0 cm³/mol. The molecule has 1 unspecified atom stereocenters. The summed E-state index contributed by atoms with van der Waals surface area (Å²) in [5.74, 6) is -0.490. The SMILES string of the molecule is CC(N)(CCOCCCc1ccccc1)C(N)=O. The molecule has 0 heterocycles. The Hall–Kier alpha value is -1.39. The first-order valence-corrected chi connectivity index (χ1v) is 6.23. The normalized spacial score (nSPS) is 14.1. The topological polar surface area (TPSA) is 78.3 Å². The summed E-state index contributed by atoms with van der Waals surface area (Å²) in [7, 11) is 0. The highest BCUT2D eigenvalue weighted by Crippen LogP contribution is 2.06. The van der Waals surface area contributed by atoms with Crippen molar-refractivity contribution < 1.29 is 9.53 Å². The van der Waals surface area contributed by atoms with Gasteiger partial charge in [0, 0.05) is 13.2 Å². The highest BCUT2D eigenvalue weighted by atomic mass is 16.5. The molecule has 0 aliphatic rings. The molecule has 0 radical (unpaired) electrons. The Balaban J connectivity index is 2.08. The number of ether oxygens (including phenoxy) is 1. The first-order valence-electron chi connectivity index (χ1n) is 6.23. The number of carbonyl (C=O) groups excluding carboxylic acids is 1. The molecule has 0 aliphatic heterocycles. The van der Waals surface area contributed by atoms with Gasteiger partial charge in [-0.15, -0.1) is 0 Å². The zero-order chi connectivity index (χ0) is 13.4. The van der Waals surface area contributed by atoms with Crippen molar-refractivity contribution in [2.24, 2.45) is 11.5 Å². The summed E-state index contributed by atoms with van der Waals surface area (Å²) in [6, 6.07) is 10.3. The van der Waals surface area contributed by atoms with E-state index in [1.54, 1.807) is 6.92 Å². The van der Waals surface area contributed by atoms with Crippen LogP contribution >= 0.6 is 0 Å². The maximum absolute atomic E-state index is 11.0. The van der Waals surface area contributed by atoms with E-state index in [9.17, 15) is 4.79 Å². The van der Waals surface area contributed by atoms with Crippen LogP contribution in [0.1, 0.15) is 25.3 Å². The molecule has 1 atom stereocenters. The standard InChI is InChI=1S/C14H22N2O2/c1-14(16,13(15)17)9-11-18-10-5-8-12-6-3-2-4-7-12/h2-4,6-7H,5,8-11,16H2,1H3,(H2,15,17). The number of amides is 1. The molecule has 1 amide bonds. The second-order valence-corrected chi connectivity index (χ2v) is 4.73. The fraction of sp³-hybridized carbons (Fsp3) is 0.500. The Labute approximate surface area is 108 Å². The second kappa shape index (κ2) is 7.13. The lowest BCUT2D eigenvalue weighted by Gasteiger charge is -2.19. The number of carbonyl (C=O) groups is 1. The van der Waals surface area contributed by atoms with E-state index < -0.39 is 11.4 Å². The van der Waals surface area contributed by atoms with Crippen molar-refractivity contribution >= 4 is 5.91 Å². The van der Waals surface area contributed by atoms with E-state index >= 15 is 0 Å². The number of primary amides is 1. The van der Waals surface area contributed by atoms with E-state index in [1.165, 1.54) is 5.56 Å². The average Bonchev–Trinajstić information content (AvgIpc) is 2.34. The van der Waals surface area contributed by atoms with Gasteiger partial charge in [-0.25, -0.2) is 0 Å². The largest absolute Gasteiger partial charge is 0.381 e. The van der Waals surface area contributed by atoms with Crippen LogP contribution in [0.2, 0.25) is 0 Å². The smallest absolute Gasteiger partial charge is 0.237 e. The van der Waals surface area contributed by atoms with E-state index in [-0.39, 0.29) is 0 Å². The lowest BCUT2D eigenvalue weighted by molar-refractivity contribution is -0.123. The van der Waals surface area contributed by atoms with E-state index in [4.69, 9.17) is 16.2 Å². The molecule has 0 aliphatic carbocycles. The van der Waals surface area contributed by atoms with Crippen LogP contribution in [-0.4, -0.2) is 24.7 Å². The lowest BCUT2D eigenvalue weighted by atomic mass is 9.99. The third-order valence-corrected chi connectivity index (χ3v) is 2.93. The van der Waals surface area contributed by atoms with E-state index in [1.807, 2.05) is 18.2 Å². The maximum Gasteiger partial charge on any atom is 0.237 e. The van der Waals surface area contributed by atoms with Crippen LogP contribution in [0.25, 0.3) is 0 Å². The molecule has 0 spiro atoms. The number of aryl methyl sites for hydroxylation is 1. The van der Waals surface area contributed by atoms with Crippen LogP contribution in [-0.2, 0) is 16.0 Å². The van der Waals surface area contributed by atoms with Crippen molar-refractivity contribution in [3.63, 3.8) is 0 Å². The van der Waals surface area contributed by atoms with Crippen molar-refractivity contribution in [3.05, 3.63) is 35.9 Å². The second-order valence-electron chi connectivity index (χ2n) is 4.73. The van der Waals surface area contributed by atoms with Crippen LogP contribution in [0.15, 0.2) is 30.3 Å². The summed E-state index contributed by atoms with van der Waals surface area (Å²) in [5, 5.41) is 0. The van der Waals surface area contributed by atoms with Gasteiger partial charge < -0.3 is 16.2 Å². The van der Waals surface area contributed by atoms with Gasteiger partial charge in [0.15, 0.2) is 0 Å². The van der Waals surface area contributed by atoms with E-state index in [2.05, 4.69) is 12.1 Å². The summed E-state index contributed by atoms with van der Waals surface area (Å²) in [6.45, 7) is 2.76. The first-order chi connectivity index (χ1) is 8.52. The van der Waals surface area contributed by atoms with E-state index in [0.29, 0.717) is 19.6 Å². The van der Waals surface area contributed by atoms with Crippen LogP contribution in [0.4, 0.5) is 0 Å². The number of benzene rings is 1. The molecule has 18 heavy (non-hydrogen) atoms. The summed E-state index contributed by atoms with van der Waals surface area (Å²) in [5.41, 5.74) is 11.2. The molecular formula is C14H22N2O2. The fourth-order valence-electron chi connectivity index (χ4n) is 1.53. The molecule has 1 aromatic rings. The van der Waals surface area contributed by atoms with Gasteiger partial charge in [-0.2, -0.15) is 0 Å². The number of hydrogen-bond donors (Lipinski definition) is 2. The quantitative estimate of drug-likeness (QED) is 0.681. The Morgan fingerprint density at radius 2 is 1.94 bits per heavy atom. The van der Waals surface area contributed by atoms with Crippen molar-refractivity contribution in [2.45, 2.75) is 31.7 Å². The monoisotopic (exact) mass is 250 g/mol. The van der Waals surface area contributed by atoms with Gasteiger partial charge in [0.2, 0.25) is 5.91 Å². The maximum atomic E-state index is 11.0. The molecule has 0 saturated carbocycles. The fourth-order valence-corrected chi connectivity index (χ4v) is 1.53. The van der Waals surface area contributed by atoms with Crippen LogP contribution in [0, 0.1) is 0 Å². The number of rotatable bonds is 8. The van der Waals surface area contributed by atoms with Crippen LogP contribution in [0.3, 0.4) is 0 Å². The highest BCUT2D eigenvalue weighted by molar-refractivity contribution is 5.83. The summed E-state index contributed by atoms with van der Waals surface area (Å²) < 4.78 is 5.45. The Morgan fingerprint density at radius 1 is 1.28 bits per heavy atom. The molecule has 0 aromatic heterocycles. The van der Waals surface area contributed by atoms with Crippen molar-refractivity contribution in [3.8, 4) is 0 Å². The van der Waals surface area contributed by atoms with E-state index in [0.717, 1.165) is 12.8 Å². The minimum atomic E-state index is -0.973. The Morgan fingerprint density at radius 3 is 2.56 bits per heavy atom.